The number of ether oxygens (including phenoxy) is 2. The van der Waals surface area contributed by atoms with Gasteiger partial charge in [-0.1, -0.05) is 12.2 Å². The Hall–Kier alpha value is -6.53. The summed E-state index contributed by atoms with van der Waals surface area (Å²) in [4.78, 5) is 69.0. The monoisotopic (exact) mass is 705 g/mol. The molecule has 0 bridgehead atoms. The van der Waals surface area contributed by atoms with Gasteiger partial charge >= 0.3 is 6.09 Å². The second kappa shape index (κ2) is 15.8. The van der Waals surface area contributed by atoms with Gasteiger partial charge in [-0.05, 0) is 52.8 Å². The first kappa shape index (κ1) is 37.3. The van der Waals surface area contributed by atoms with Crippen LogP contribution in [0.25, 0.3) is 11.2 Å². The zero-order valence-corrected chi connectivity index (χ0v) is 28.7. The Kier molecular flexibility index (Phi) is 11.5. The van der Waals surface area contributed by atoms with Crippen molar-refractivity contribution in [2.45, 2.75) is 53.3 Å². The zero-order chi connectivity index (χ0) is 37.5. The number of nitrogens with zero attached hydrogens (tertiary/aromatic N) is 6. The maximum atomic E-state index is 13.2. The van der Waals surface area contributed by atoms with Gasteiger partial charge in [-0.3, -0.25) is 39.1 Å². The van der Waals surface area contributed by atoms with Crippen molar-refractivity contribution in [2.24, 2.45) is 11.5 Å². The van der Waals surface area contributed by atoms with Crippen LogP contribution < -0.4 is 32.2 Å². The molecule has 0 saturated heterocycles. The number of aryl methyl sites for hydroxylation is 2. The van der Waals surface area contributed by atoms with Crippen molar-refractivity contribution in [3.63, 3.8) is 0 Å². The van der Waals surface area contributed by atoms with Gasteiger partial charge in [0.25, 0.3) is 11.6 Å². The summed E-state index contributed by atoms with van der Waals surface area (Å²) in [6.45, 7) is 9.27. The van der Waals surface area contributed by atoms with Gasteiger partial charge < -0.3 is 31.6 Å². The minimum absolute atomic E-state index is 0.00402. The number of alkyl carbamates (subject to hydrolysis) is 1. The van der Waals surface area contributed by atoms with E-state index in [0.29, 0.717) is 29.1 Å². The Morgan fingerprint density at radius 1 is 1.06 bits per heavy atom. The fourth-order valence-corrected chi connectivity index (χ4v) is 4.78. The smallest absolute Gasteiger partial charge is 0.407 e. The molecule has 0 saturated carbocycles. The highest BCUT2D eigenvalue weighted by Crippen LogP contribution is 2.36. The summed E-state index contributed by atoms with van der Waals surface area (Å²) in [7, 11) is 0. The average Bonchev–Trinajstić information content (AvgIpc) is 3.60. The number of nitrogens with two attached hydrogens (primary N) is 2. The van der Waals surface area contributed by atoms with Crippen molar-refractivity contribution >= 4 is 52.3 Å². The largest absolute Gasteiger partial charge is 0.489 e. The number of primary amides is 2. The third-order valence-electron chi connectivity index (χ3n) is 6.97. The van der Waals surface area contributed by atoms with E-state index in [4.69, 9.17) is 20.9 Å². The van der Waals surface area contributed by atoms with Gasteiger partial charge in [0, 0.05) is 37.5 Å². The maximum absolute atomic E-state index is 13.2. The molecule has 4 amide bonds. The molecule has 4 rings (SSSR count). The summed E-state index contributed by atoms with van der Waals surface area (Å²) in [5.74, 6) is -1.97. The number of aromatic nitrogens is 5. The molecule has 3 heterocycles. The molecular weight excluding hydrogens is 666 g/mol. The summed E-state index contributed by atoms with van der Waals surface area (Å²) in [6, 6.07) is 5.40. The van der Waals surface area contributed by atoms with Gasteiger partial charge in [-0.15, -0.1) is 0 Å². The number of nitrogens with one attached hydrogen (secondary N) is 3. The lowest BCUT2D eigenvalue weighted by Gasteiger charge is -2.20. The topological polar surface area (TPSA) is 267 Å². The van der Waals surface area contributed by atoms with Crippen molar-refractivity contribution < 1.29 is 33.6 Å². The van der Waals surface area contributed by atoms with E-state index in [-0.39, 0.29) is 54.8 Å². The highest BCUT2D eigenvalue weighted by atomic mass is 16.6. The SMILES string of the molecule is CCn1nc(C)cc1C(=O)Nc1nc2cc(C(N)=O)cnc2n1C/C=C/CNc1c(OCCNC(=O)OC(C)(C)C)cc(C(N)=O)cc1[N+](=O)[O-]. The molecule has 0 aliphatic rings. The van der Waals surface area contributed by atoms with Crippen molar-refractivity contribution in [2.75, 3.05) is 30.3 Å². The van der Waals surface area contributed by atoms with Crippen LogP contribution in [-0.2, 0) is 17.8 Å². The van der Waals surface area contributed by atoms with Crippen LogP contribution in [0.2, 0.25) is 0 Å². The first-order chi connectivity index (χ1) is 24.1. The molecule has 0 fully saturated rings. The lowest BCUT2D eigenvalue weighted by Crippen LogP contribution is -2.34. The van der Waals surface area contributed by atoms with Gasteiger partial charge in [0.2, 0.25) is 17.8 Å². The van der Waals surface area contributed by atoms with Gasteiger partial charge in [-0.2, -0.15) is 5.10 Å². The summed E-state index contributed by atoms with van der Waals surface area (Å²) < 4.78 is 14.1. The molecule has 7 N–H and O–H groups in total. The second-order valence-corrected chi connectivity index (χ2v) is 12.0. The Balaban J connectivity index is 1.55. The van der Waals surface area contributed by atoms with Crippen LogP contribution in [0, 0.1) is 17.0 Å². The maximum Gasteiger partial charge on any atom is 0.407 e. The Morgan fingerprint density at radius 3 is 2.43 bits per heavy atom. The van der Waals surface area contributed by atoms with Gasteiger partial charge in [0.1, 0.15) is 29.2 Å². The number of rotatable bonds is 15. The lowest BCUT2D eigenvalue weighted by atomic mass is 10.1. The number of hydrogen-bond donors (Lipinski definition) is 5. The summed E-state index contributed by atoms with van der Waals surface area (Å²) in [6.07, 6.45) is 3.98. The number of imidazole rings is 1. The van der Waals surface area contributed by atoms with E-state index in [1.165, 1.54) is 18.3 Å². The van der Waals surface area contributed by atoms with E-state index < -0.39 is 40.0 Å². The molecule has 0 spiro atoms. The Bertz CT molecular complexity index is 2010. The fraction of sp³-hybridized carbons (Fsp3) is 0.344. The number of fused-ring (bicyclic) bond motifs is 1. The molecule has 4 aromatic rings. The molecule has 51 heavy (non-hydrogen) atoms. The minimum atomic E-state index is -0.900. The zero-order valence-electron chi connectivity index (χ0n) is 28.7. The minimum Gasteiger partial charge on any atom is -0.489 e. The molecule has 0 aliphatic heterocycles. The molecule has 0 atom stereocenters. The van der Waals surface area contributed by atoms with E-state index in [9.17, 15) is 29.3 Å². The predicted molar refractivity (Wildman–Crippen MR) is 186 cm³/mol. The first-order valence-corrected chi connectivity index (χ1v) is 15.7. The molecule has 0 unspecified atom stereocenters. The standard InChI is InChI=1S/C32H39N11O8/c1-6-42-23(13-18(2)40-42)29(46)39-30-38-21-14-20(27(34)45)17-37-28(21)41(30)11-8-7-9-35-25-22(43(48)49)15-19(26(33)44)16-24(25)50-12-10-36-31(47)51-32(3,4)5/h7-8,13-17,35H,6,9-12H2,1-5H3,(H2,33,44)(H2,34,45)(H,36,47)(H,38,39,46)/b8-7+. The van der Waals surface area contributed by atoms with Crippen LogP contribution in [0.1, 0.15) is 64.6 Å². The van der Waals surface area contributed by atoms with E-state index in [2.05, 4.69) is 31.0 Å². The van der Waals surface area contributed by atoms with E-state index in [1.54, 1.807) is 55.2 Å². The number of carbonyl (C=O) groups is 4. The predicted octanol–water partition coefficient (Wildman–Crippen LogP) is 2.89. The Morgan fingerprint density at radius 2 is 1.78 bits per heavy atom. The molecule has 1 aromatic carbocycles. The van der Waals surface area contributed by atoms with Crippen LogP contribution in [0.3, 0.4) is 0 Å². The number of allylic oxidation sites excluding steroid dienone is 1. The fourth-order valence-electron chi connectivity index (χ4n) is 4.78. The second-order valence-electron chi connectivity index (χ2n) is 12.0. The third kappa shape index (κ3) is 9.55. The normalized spacial score (nSPS) is 11.4. The highest BCUT2D eigenvalue weighted by molar-refractivity contribution is 6.03. The Labute approximate surface area is 291 Å². The lowest BCUT2D eigenvalue weighted by molar-refractivity contribution is -0.384. The number of anilines is 2. The highest BCUT2D eigenvalue weighted by Gasteiger charge is 2.23. The van der Waals surface area contributed by atoms with Crippen LogP contribution in [0.15, 0.2) is 42.6 Å². The van der Waals surface area contributed by atoms with Crippen molar-refractivity contribution in [1.82, 2.24) is 29.6 Å². The molecular formula is C32H39N11O8. The molecule has 19 heteroatoms. The summed E-state index contributed by atoms with van der Waals surface area (Å²) in [5.41, 5.74) is 11.2. The number of nitro benzene ring substituents is 1. The van der Waals surface area contributed by atoms with Crippen LogP contribution in [0.4, 0.5) is 22.1 Å². The number of carbonyl (C=O) groups excluding carboxylic acids is 4. The molecule has 0 radical (unpaired) electrons. The number of benzene rings is 1. The number of nitro groups is 1. The first-order valence-electron chi connectivity index (χ1n) is 15.7. The molecule has 19 nitrogen and oxygen atoms in total. The van der Waals surface area contributed by atoms with Crippen molar-refractivity contribution in [3.8, 4) is 5.75 Å². The van der Waals surface area contributed by atoms with Crippen LogP contribution in [-0.4, -0.2) is 78.4 Å². The van der Waals surface area contributed by atoms with E-state index in [0.717, 1.165) is 6.07 Å². The summed E-state index contributed by atoms with van der Waals surface area (Å²) in [5, 5.41) is 24.5. The number of hydrogen-bond acceptors (Lipinski definition) is 12. The van der Waals surface area contributed by atoms with E-state index >= 15 is 0 Å². The number of pyridine rings is 1. The summed E-state index contributed by atoms with van der Waals surface area (Å²) >= 11 is 0. The third-order valence-corrected chi connectivity index (χ3v) is 6.97. The average molecular weight is 706 g/mol. The van der Waals surface area contributed by atoms with Gasteiger partial charge in [-0.25, -0.2) is 14.8 Å². The van der Waals surface area contributed by atoms with Crippen LogP contribution >= 0.6 is 0 Å². The van der Waals surface area contributed by atoms with Crippen molar-refractivity contribution in [1.29, 1.82) is 0 Å². The van der Waals surface area contributed by atoms with E-state index in [1.807, 2.05) is 6.92 Å². The van der Waals surface area contributed by atoms with Crippen LogP contribution in [0.5, 0.6) is 5.75 Å². The molecule has 0 aliphatic carbocycles. The van der Waals surface area contributed by atoms with Crippen molar-refractivity contribution in [3.05, 3.63) is 75.2 Å². The quantitative estimate of drug-likeness (QED) is 0.0517. The van der Waals surface area contributed by atoms with Gasteiger partial charge in [0.15, 0.2) is 11.3 Å². The molecule has 3 aromatic heterocycles. The molecule has 270 valence electrons. The van der Waals surface area contributed by atoms with Gasteiger partial charge in [0.05, 0.1) is 22.7 Å². The number of amides is 4.